The van der Waals surface area contributed by atoms with E-state index >= 15 is 0 Å². The van der Waals surface area contributed by atoms with Crippen LogP contribution in [0.15, 0.2) is 18.3 Å². The van der Waals surface area contributed by atoms with Gasteiger partial charge in [0.1, 0.15) is 0 Å². The third kappa shape index (κ3) is 3.42. The van der Waals surface area contributed by atoms with E-state index in [9.17, 15) is 0 Å². The fraction of sp³-hybridized carbons (Fsp3) is 0.471. The highest BCUT2D eigenvalue weighted by molar-refractivity contribution is 5.89. The summed E-state index contributed by atoms with van der Waals surface area (Å²) in [6.07, 6.45) is 3.93. The van der Waals surface area contributed by atoms with E-state index in [0.717, 1.165) is 41.5 Å². The van der Waals surface area contributed by atoms with E-state index in [1.165, 1.54) is 0 Å². The highest BCUT2D eigenvalue weighted by atomic mass is 16.5. The van der Waals surface area contributed by atoms with Gasteiger partial charge in [0.2, 0.25) is 0 Å². The van der Waals surface area contributed by atoms with Gasteiger partial charge in [-0.05, 0) is 44.9 Å². The van der Waals surface area contributed by atoms with E-state index in [-0.39, 0.29) is 0 Å². The smallest absolute Gasteiger partial charge is 0.162 e. The number of benzene rings is 1. The molecule has 1 heterocycles. The maximum atomic E-state index is 5.57. The summed E-state index contributed by atoms with van der Waals surface area (Å²) in [6.45, 7) is 4.97. The van der Waals surface area contributed by atoms with Gasteiger partial charge in [0, 0.05) is 17.5 Å². The minimum atomic E-state index is 0.363. The molecule has 3 N–H and O–H groups in total. The summed E-state index contributed by atoms with van der Waals surface area (Å²) in [5.74, 6) is 1.41. The first-order valence-corrected chi connectivity index (χ1v) is 7.58. The first-order valence-electron chi connectivity index (χ1n) is 7.58. The van der Waals surface area contributed by atoms with Crippen molar-refractivity contribution in [3.05, 3.63) is 23.9 Å². The van der Waals surface area contributed by atoms with Crippen LogP contribution in [0.1, 0.15) is 25.3 Å². The van der Waals surface area contributed by atoms with Gasteiger partial charge >= 0.3 is 0 Å². The Morgan fingerprint density at radius 1 is 1.23 bits per heavy atom. The van der Waals surface area contributed by atoms with Crippen molar-refractivity contribution in [1.82, 2.24) is 4.98 Å². The summed E-state index contributed by atoms with van der Waals surface area (Å²) >= 11 is 0. The van der Waals surface area contributed by atoms with Crippen LogP contribution in [0.5, 0.6) is 11.5 Å². The summed E-state index contributed by atoms with van der Waals surface area (Å²) in [5, 5.41) is 4.58. The largest absolute Gasteiger partial charge is 0.493 e. The number of nitrogens with two attached hydrogens (primary N) is 1. The lowest BCUT2D eigenvalue weighted by molar-refractivity contribution is 0.356. The highest BCUT2D eigenvalue weighted by Gasteiger charge is 2.12. The van der Waals surface area contributed by atoms with E-state index in [4.69, 9.17) is 15.2 Å². The monoisotopic (exact) mass is 303 g/mol. The number of hydrogen-bond acceptors (Lipinski definition) is 5. The SMILES string of the molecule is COc1cc2ncc(NC(C)CCCN)c(C)c2cc1OC. The number of hydrogen-bond donors (Lipinski definition) is 2. The Balaban J connectivity index is 2.36. The zero-order valence-electron chi connectivity index (χ0n) is 13.8. The zero-order valence-corrected chi connectivity index (χ0v) is 13.8. The lowest BCUT2D eigenvalue weighted by atomic mass is 10.1. The van der Waals surface area contributed by atoms with E-state index in [2.05, 4.69) is 24.1 Å². The van der Waals surface area contributed by atoms with Crippen LogP contribution in [0, 0.1) is 6.92 Å². The van der Waals surface area contributed by atoms with Gasteiger partial charge in [0.25, 0.3) is 0 Å². The second kappa shape index (κ2) is 7.31. The Bertz CT molecular complexity index is 643. The molecule has 0 aliphatic heterocycles. The number of pyridine rings is 1. The molecule has 5 heteroatoms. The van der Waals surface area contributed by atoms with Crippen molar-refractivity contribution >= 4 is 16.6 Å². The highest BCUT2D eigenvalue weighted by Crippen LogP contribution is 2.34. The van der Waals surface area contributed by atoms with Crippen LogP contribution in [0.25, 0.3) is 10.9 Å². The van der Waals surface area contributed by atoms with Crippen LogP contribution in [-0.4, -0.2) is 31.8 Å². The van der Waals surface area contributed by atoms with Gasteiger partial charge in [-0.1, -0.05) is 0 Å². The minimum Gasteiger partial charge on any atom is -0.493 e. The fourth-order valence-electron chi connectivity index (χ4n) is 2.56. The third-order valence-electron chi connectivity index (χ3n) is 3.89. The number of aryl methyl sites for hydroxylation is 1. The summed E-state index contributed by atoms with van der Waals surface area (Å²) in [4.78, 5) is 4.54. The number of rotatable bonds is 7. The molecule has 2 aromatic rings. The number of methoxy groups -OCH3 is 2. The first-order chi connectivity index (χ1) is 10.6. The van der Waals surface area contributed by atoms with Crippen molar-refractivity contribution in [2.45, 2.75) is 32.7 Å². The topological polar surface area (TPSA) is 69.4 Å². The van der Waals surface area contributed by atoms with Gasteiger partial charge in [0.15, 0.2) is 11.5 Å². The third-order valence-corrected chi connectivity index (χ3v) is 3.89. The fourth-order valence-corrected chi connectivity index (χ4v) is 2.56. The maximum Gasteiger partial charge on any atom is 0.162 e. The number of ether oxygens (including phenoxy) is 2. The Morgan fingerprint density at radius 2 is 1.91 bits per heavy atom. The molecule has 120 valence electrons. The summed E-state index contributed by atoms with van der Waals surface area (Å²) < 4.78 is 10.7. The minimum absolute atomic E-state index is 0.363. The van der Waals surface area contributed by atoms with Gasteiger partial charge in [-0.2, -0.15) is 0 Å². The van der Waals surface area contributed by atoms with Gasteiger partial charge < -0.3 is 20.5 Å². The van der Waals surface area contributed by atoms with Crippen LogP contribution in [0.3, 0.4) is 0 Å². The van der Waals surface area contributed by atoms with Crippen molar-refractivity contribution in [3.63, 3.8) is 0 Å². The average molecular weight is 303 g/mol. The Labute approximate surface area is 131 Å². The second-order valence-corrected chi connectivity index (χ2v) is 5.50. The van der Waals surface area contributed by atoms with Crippen LogP contribution < -0.4 is 20.5 Å². The molecule has 0 bridgehead atoms. The van der Waals surface area contributed by atoms with Crippen molar-refractivity contribution < 1.29 is 9.47 Å². The van der Waals surface area contributed by atoms with E-state index in [1.54, 1.807) is 14.2 Å². The van der Waals surface area contributed by atoms with Gasteiger partial charge in [-0.3, -0.25) is 4.98 Å². The molecule has 22 heavy (non-hydrogen) atoms. The Hall–Kier alpha value is -2.01. The Morgan fingerprint density at radius 3 is 2.55 bits per heavy atom. The predicted molar refractivity (Wildman–Crippen MR) is 91.0 cm³/mol. The molecule has 5 nitrogen and oxygen atoms in total. The molecule has 0 radical (unpaired) electrons. The molecule has 0 aliphatic rings. The zero-order chi connectivity index (χ0) is 16.1. The van der Waals surface area contributed by atoms with Crippen molar-refractivity contribution in [1.29, 1.82) is 0 Å². The molecule has 1 unspecified atom stereocenters. The summed E-state index contributed by atoms with van der Waals surface area (Å²) in [7, 11) is 3.27. The molecule has 0 amide bonds. The normalized spacial score (nSPS) is 12.2. The standard InChI is InChI=1S/C17H25N3O2/c1-11(6-5-7-18)20-15-10-19-14-9-17(22-4)16(21-3)8-13(14)12(15)2/h8-11,20H,5-7,18H2,1-4H3. The van der Waals surface area contributed by atoms with E-state index in [0.29, 0.717) is 17.5 Å². The molecule has 1 aromatic carbocycles. The summed E-state index contributed by atoms with van der Waals surface area (Å²) in [5.41, 5.74) is 8.67. The van der Waals surface area contributed by atoms with Gasteiger partial charge in [0.05, 0.1) is 31.6 Å². The van der Waals surface area contributed by atoms with E-state index < -0.39 is 0 Å². The van der Waals surface area contributed by atoms with Gasteiger partial charge in [-0.25, -0.2) is 0 Å². The second-order valence-electron chi connectivity index (χ2n) is 5.50. The molecule has 1 aromatic heterocycles. The average Bonchev–Trinajstić information content (AvgIpc) is 2.54. The molecule has 0 aliphatic carbocycles. The van der Waals surface area contributed by atoms with Crippen molar-refractivity contribution in [3.8, 4) is 11.5 Å². The Kier molecular flexibility index (Phi) is 5.44. The van der Waals surface area contributed by atoms with Crippen LogP contribution in [-0.2, 0) is 0 Å². The molecular weight excluding hydrogens is 278 g/mol. The molecular formula is C17H25N3O2. The molecule has 0 saturated carbocycles. The lowest BCUT2D eigenvalue weighted by Crippen LogP contribution is -2.17. The number of nitrogens with one attached hydrogen (secondary N) is 1. The number of fused-ring (bicyclic) bond motifs is 1. The molecule has 0 saturated heterocycles. The van der Waals surface area contributed by atoms with E-state index in [1.807, 2.05) is 18.3 Å². The van der Waals surface area contributed by atoms with Crippen LogP contribution >= 0.6 is 0 Å². The molecule has 0 spiro atoms. The quantitative estimate of drug-likeness (QED) is 0.822. The lowest BCUT2D eigenvalue weighted by Gasteiger charge is -2.18. The predicted octanol–water partition coefficient (Wildman–Crippen LogP) is 3.10. The number of nitrogens with zero attached hydrogens (tertiary/aromatic N) is 1. The molecule has 0 fully saturated rings. The number of anilines is 1. The van der Waals surface area contributed by atoms with Crippen molar-refractivity contribution in [2.75, 3.05) is 26.1 Å². The van der Waals surface area contributed by atoms with Crippen molar-refractivity contribution in [2.24, 2.45) is 5.73 Å². The summed E-state index contributed by atoms with van der Waals surface area (Å²) in [6, 6.07) is 4.25. The first kappa shape index (κ1) is 16.4. The van der Waals surface area contributed by atoms with Crippen LogP contribution in [0.2, 0.25) is 0 Å². The molecule has 1 atom stereocenters. The van der Waals surface area contributed by atoms with Gasteiger partial charge in [-0.15, -0.1) is 0 Å². The maximum absolute atomic E-state index is 5.57. The number of aromatic nitrogens is 1. The molecule has 2 rings (SSSR count). The van der Waals surface area contributed by atoms with Crippen LogP contribution in [0.4, 0.5) is 5.69 Å².